The van der Waals surface area contributed by atoms with Crippen LogP contribution in [0, 0.1) is 0 Å². The van der Waals surface area contributed by atoms with Gasteiger partial charge in [-0.2, -0.15) is 0 Å². The molecule has 0 aliphatic carbocycles. The van der Waals surface area contributed by atoms with Crippen LogP contribution in [0.5, 0.6) is 0 Å². The molecule has 0 saturated heterocycles. The minimum atomic E-state index is -1.79. The Morgan fingerprint density at radius 1 is 1.25 bits per heavy atom. The number of rotatable bonds is 3. The molecular formula is C4H8MnNa2O5. The molecule has 0 rings (SSSR count). The van der Waals surface area contributed by atoms with Crippen LogP contribution in [0.4, 0.5) is 0 Å². The minimum Gasteiger partial charge on any atom is -1.00 e. The Morgan fingerprint density at radius 2 is 1.58 bits per heavy atom. The molecule has 0 fully saturated rings. The molecule has 3 N–H and O–H groups in total. The zero-order valence-corrected chi connectivity index (χ0v) is 12.0. The fraction of sp³-hybridized carbons (Fsp3) is 0.500. The molecule has 0 saturated carbocycles. The zero-order chi connectivity index (χ0) is 7.44. The number of hydrogen-bond acceptors (Lipinski definition) is 3. The fourth-order valence-corrected chi connectivity index (χ4v) is 0.253. The van der Waals surface area contributed by atoms with E-state index in [4.69, 9.17) is 15.3 Å². The molecule has 0 amide bonds. The van der Waals surface area contributed by atoms with Crippen molar-refractivity contribution in [3.05, 3.63) is 0 Å². The molecule has 0 aliphatic rings. The normalized spacial score (nSPS) is 9.42. The Bertz CT molecular complexity index is 150. The van der Waals surface area contributed by atoms with E-state index in [9.17, 15) is 9.59 Å². The second-order valence-electron chi connectivity index (χ2n) is 1.45. The summed E-state index contributed by atoms with van der Waals surface area (Å²) >= 11 is 0. The van der Waals surface area contributed by atoms with Crippen LogP contribution in [0.25, 0.3) is 0 Å². The summed E-state index contributed by atoms with van der Waals surface area (Å²) in [4.78, 5) is 19.4. The quantitative estimate of drug-likeness (QED) is 0.424. The van der Waals surface area contributed by atoms with Gasteiger partial charge in [-0.3, -0.25) is 4.79 Å². The number of carboxylic acid groups (broad SMARTS) is 2. The Balaban J connectivity index is -0.0000000320. The van der Waals surface area contributed by atoms with Crippen molar-refractivity contribution >= 4 is 11.9 Å². The second-order valence-corrected chi connectivity index (χ2v) is 1.45. The molecule has 0 heterocycles. The minimum absolute atomic E-state index is 0. The van der Waals surface area contributed by atoms with Crippen LogP contribution in [0.2, 0.25) is 0 Å². The van der Waals surface area contributed by atoms with Crippen LogP contribution in [0.3, 0.4) is 0 Å². The summed E-state index contributed by atoms with van der Waals surface area (Å²) < 4.78 is 0. The third-order valence-corrected chi connectivity index (χ3v) is 0.653. The van der Waals surface area contributed by atoms with Gasteiger partial charge in [0.1, 0.15) is 0 Å². The van der Waals surface area contributed by atoms with Crippen LogP contribution in [0.1, 0.15) is 9.27 Å². The third-order valence-electron chi connectivity index (χ3n) is 0.653. The van der Waals surface area contributed by atoms with Crippen molar-refractivity contribution in [1.82, 2.24) is 0 Å². The number of aliphatic carboxylic acids is 2. The van der Waals surface area contributed by atoms with E-state index in [1.165, 1.54) is 0 Å². The summed E-state index contributed by atoms with van der Waals surface area (Å²) in [6, 6.07) is 0. The van der Waals surface area contributed by atoms with E-state index < -0.39 is 24.5 Å². The first-order valence-electron chi connectivity index (χ1n) is 2.16. The average molecular weight is 237 g/mol. The molecule has 5 nitrogen and oxygen atoms in total. The van der Waals surface area contributed by atoms with E-state index in [0.717, 1.165) is 0 Å². The summed E-state index contributed by atoms with van der Waals surface area (Å²) in [6.45, 7) is 0. The standard InChI is InChI=1S/C4H6O5.Mn.2Na.2H/c5-2(4(8)9)1-3(6)7;;;;;/h2,5H,1H2,(H,6,7)(H,8,9);;;;;/q;;2*+1;2*-1. The maximum atomic E-state index is 9.72. The topological polar surface area (TPSA) is 94.8 Å². The van der Waals surface area contributed by atoms with Gasteiger partial charge in [0.15, 0.2) is 6.10 Å². The van der Waals surface area contributed by atoms with E-state index >= 15 is 0 Å². The smallest absolute Gasteiger partial charge is 1.00 e. The summed E-state index contributed by atoms with van der Waals surface area (Å²) in [5, 5.41) is 24.1. The van der Waals surface area contributed by atoms with Crippen molar-refractivity contribution in [2.75, 3.05) is 0 Å². The van der Waals surface area contributed by atoms with Crippen LogP contribution in [-0.2, 0) is 26.7 Å². The SMILES string of the molecule is O=C(O)CC(O)C(=O)O.[H-].[H-].[Mn].[Na+].[Na+]. The summed E-state index contributed by atoms with van der Waals surface area (Å²) in [7, 11) is 0. The average Bonchev–Trinajstić information content (AvgIpc) is 1.63. The van der Waals surface area contributed by atoms with Crippen LogP contribution >= 0.6 is 0 Å². The van der Waals surface area contributed by atoms with Gasteiger partial charge >= 0.3 is 71.1 Å². The van der Waals surface area contributed by atoms with Gasteiger partial charge in [0, 0.05) is 17.1 Å². The number of hydrogen-bond donors (Lipinski definition) is 3. The van der Waals surface area contributed by atoms with Gasteiger partial charge in [-0.15, -0.1) is 0 Å². The summed E-state index contributed by atoms with van der Waals surface area (Å²) in [5.41, 5.74) is 0. The van der Waals surface area contributed by atoms with E-state index in [1.807, 2.05) is 0 Å². The van der Waals surface area contributed by atoms with E-state index in [2.05, 4.69) is 0 Å². The number of aliphatic hydroxyl groups is 1. The van der Waals surface area contributed by atoms with Gasteiger partial charge in [-0.1, -0.05) is 0 Å². The van der Waals surface area contributed by atoms with Crippen molar-refractivity contribution < 1.29 is 104 Å². The largest absolute Gasteiger partial charge is 1.00 e. The predicted molar refractivity (Wildman–Crippen MR) is 28.1 cm³/mol. The maximum Gasteiger partial charge on any atom is 1.00 e. The second kappa shape index (κ2) is 12.4. The molecule has 63 valence electrons. The van der Waals surface area contributed by atoms with Gasteiger partial charge < -0.3 is 18.2 Å². The summed E-state index contributed by atoms with van der Waals surface area (Å²) in [5.74, 6) is -2.85. The van der Waals surface area contributed by atoms with Gasteiger partial charge in [-0.25, -0.2) is 4.79 Å². The number of aliphatic hydroxyl groups excluding tert-OH is 1. The first-order chi connectivity index (χ1) is 4.04. The third kappa shape index (κ3) is 14.0. The molecule has 1 radical (unpaired) electrons. The van der Waals surface area contributed by atoms with E-state index in [-0.39, 0.29) is 79.0 Å². The molecule has 1 unspecified atom stereocenters. The van der Waals surface area contributed by atoms with Crippen molar-refractivity contribution in [1.29, 1.82) is 0 Å². The van der Waals surface area contributed by atoms with E-state index in [1.54, 1.807) is 0 Å². The molecular weight excluding hydrogens is 229 g/mol. The molecule has 0 bridgehead atoms. The molecule has 0 aromatic carbocycles. The van der Waals surface area contributed by atoms with Crippen LogP contribution in [-0.4, -0.2) is 33.4 Å². The fourth-order valence-electron chi connectivity index (χ4n) is 0.253. The van der Waals surface area contributed by atoms with Crippen LogP contribution < -0.4 is 59.1 Å². The Hall–Kier alpha value is 1.42. The monoisotopic (exact) mass is 237 g/mol. The predicted octanol–water partition coefficient (Wildman–Crippen LogP) is -6.86. The Morgan fingerprint density at radius 3 is 1.67 bits per heavy atom. The van der Waals surface area contributed by atoms with Gasteiger partial charge in [-0.05, 0) is 0 Å². The molecule has 0 aromatic heterocycles. The first-order valence-corrected chi connectivity index (χ1v) is 2.16. The number of carbonyl (C=O) groups is 2. The Kier molecular flexibility index (Phi) is 24.1. The molecule has 8 heteroatoms. The van der Waals surface area contributed by atoms with E-state index in [0.29, 0.717) is 0 Å². The number of carboxylic acids is 2. The molecule has 1 atom stereocenters. The molecule has 12 heavy (non-hydrogen) atoms. The van der Waals surface area contributed by atoms with Gasteiger partial charge in [0.05, 0.1) is 6.42 Å². The van der Waals surface area contributed by atoms with Crippen molar-refractivity contribution in [2.24, 2.45) is 0 Å². The molecule has 0 aromatic rings. The van der Waals surface area contributed by atoms with Crippen molar-refractivity contribution in [3.8, 4) is 0 Å². The van der Waals surface area contributed by atoms with Crippen LogP contribution in [0.15, 0.2) is 0 Å². The molecule has 0 aliphatic heterocycles. The molecule has 0 spiro atoms. The van der Waals surface area contributed by atoms with Crippen molar-refractivity contribution in [2.45, 2.75) is 12.5 Å². The van der Waals surface area contributed by atoms with Gasteiger partial charge in [0.25, 0.3) is 0 Å². The van der Waals surface area contributed by atoms with Crippen molar-refractivity contribution in [3.63, 3.8) is 0 Å². The maximum absolute atomic E-state index is 9.72. The summed E-state index contributed by atoms with van der Waals surface area (Å²) in [6.07, 6.45) is -2.54. The Labute approximate surface area is 127 Å². The first kappa shape index (κ1) is 23.3. The van der Waals surface area contributed by atoms with Gasteiger partial charge in [0.2, 0.25) is 0 Å². The zero-order valence-electron chi connectivity index (χ0n) is 8.82.